The second-order valence-electron chi connectivity index (χ2n) is 6.27. The van der Waals surface area contributed by atoms with Gasteiger partial charge in [0.2, 0.25) is 5.91 Å². The monoisotopic (exact) mass is 368 g/mol. The molecule has 3 N–H and O–H groups in total. The van der Waals surface area contributed by atoms with Crippen molar-refractivity contribution < 1.29 is 14.4 Å². The van der Waals surface area contributed by atoms with Gasteiger partial charge in [0.25, 0.3) is 5.91 Å². The average Bonchev–Trinajstić information content (AvgIpc) is 2.64. The number of hydrogen-bond acceptors (Lipinski definition) is 3. The molecular weight excluding hydrogens is 344 g/mol. The smallest absolute Gasteiger partial charge is 0.319 e. The van der Waals surface area contributed by atoms with E-state index in [1.165, 1.54) is 4.90 Å². The first-order chi connectivity index (χ1) is 12.9. The van der Waals surface area contributed by atoms with Crippen LogP contribution in [0.1, 0.15) is 22.3 Å². The lowest BCUT2D eigenvalue weighted by Crippen LogP contribution is -2.33. The zero-order valence-corrected chi connectivity index (χ0v) is 15.7. The molecule has 0 heterocycles. The number of nitrogens with zero attached hydrogens (tertiary/aromatic N) is 1. The lowest BCUT2D eigenvalue weighted by Gasteiger charge is -2.13. The molecule has 0 saturated heterocycles. The summed E-state index contributed by atoms with van der Waals surface area (Å²) >= 11 is 0. The minimum absolute atomic E-state index is 0.0638. The molecule has 4 amide bonds. The summed E-state index contributed by atoms with van der Waals surface area (Å²) in [5.41, 5.74) is 2.49. The van der Waals surface area contributed by atoms with Gasteiger partial charge in [-0.1, -0.05) is 24.3 Å². The molecule has 0 unspecified atom stereocenters. The molecule has 7 nitrogen and oxygen atoms in total. The molecule has 0 aliphatic rings. The number of benzene rings is 2. The third-order valence-electron chi connectivity index (χ3n) is 3.90. The Morgan fingerprint density at radius 3 is 2.33 bits per heavy atom. The summed E-state index contributed by atoms with van der Waals surface area (Å²) in [6, 6.07) is 13.8. The fraction of sp³-hybridized carbons (Fsp3) is 0.250. The van der Waals surface area contributed by atoms with E-state index in [9.17, 15) is 14.4 Å². The summed E-state index contributed by atoms with van der Waals surface area (Å²) in [4.78, 5) is 37.4. The van der Waals surface area contributed by atoms with Crippen LogP contribution in [0.5, 0.6) is 0 Å². The quantitative estimate of drug-likeness (QED) is 0.732. The number of carbonyl (C=O) groups is 3. The number of para-hydroxylation sites is 1. The Hall–Kier alpha value is -3.35. The summed E-state index contributed by atoms with van der Waals surface area (Å²) in [6.45, 7) is 2.07. The molecule has 0 aliphatic heterocycles. The molecule has 7 heteroatoms. The van der Waals surface area contributed by atoms with Crippen molar-refractivity contribution in [3.8, 4) is 0 Å². The van der Waals surface area contributed by atoms with Gasteiger partial charge in [0.05, 0.1) is 0 Å². The predicted molar refractivity (Wildman–Crippen MR) is 106 cm³/mol. The highest BCUT2D eigenvalue weighted by molar-refractivity contribution is 6.05. The van der Waals surface area contributed by atoms with E-state index in [-0.39, 0.29) is 24.8 Å². The molecule has 0 fully saturated rings. The molecule has 0 atom stereocenters. The molecule has 2 aromatic rings. The van der Waals surface area contributed by atoms with E-state index in [1.54, 1.807) is 44.4 Å². The SMILES string of the molecule is Cc1ccc(C(=O)Nc2ccccc2)cc1NC(=O)NCCC(=O)N(C)C. The molecule has 2 rings (SSSR count). The third-order valence-corrected chi connectivity index (χ3v) is 3.90. The van der Waals surface area contributed by atoms with Gasteiger partial charge in [-0.05, 0) is 36.8 Å². The van der Waals surface area contributed by atoms with Crippen LogP contribution >= 0.6 is 0 Å². The van der Waals surface area contributed by atoms with E-state index in [0.29, 0.717) is 16.9 Å². The normalized spacial score (nSPS) is 10.0. The van der Waals surface area contributed by atoms with Crippen LogP contribution in [0.25, 0.3) is 0 Å². The molecule has 0 aromatic heterocycles. The first kappa shape index (κ1) is 20.0. The maximum absolute atomic E-state index is 12.4. The summed E-state index contributed by atoms with van der Waals surface area (Å²) in [6.07, 6.45) is 0.221. The van der Waals surface area contributed by atoms with E-state index in [4.69, 9.17) is 0 Å². The second kappa shape index (κ2) is 9.38. The van der Waals surface area contributed by atoms with Crippen molar-refractivity contribution in [3.05, 3.63) is 59.7 Å². The molecule has 0 bridgehead atoms. The Morgan fingerprint density at radius 1 is 0.963 bits per heavy atom. The summed E-state index contributed by atoms with van der Waals surface area (Å²) in [7, 11) is 3.33. The largest absolute Gasteiger partial charge is 0.349 e. The number of rotatable bonds is 6. The third kappa shape index (κ3) is 6.14. The predicted octanol–water partition coefficient (Wildman–Crippen LogP) is 2.85. The topological polar surface area (TPSA) is 90.5 Å². The number of anilines is 2. The van der Waals surface area contributed by atoms with Crippen LogP contribution in [-0.2, 0) is 4.79 Å². The van der Waals surface area contributed by atoms with Crippen molar-refractivity contribution in [1.82, 2.24) is 10.2 Å². The van der Waals surface area contributed by atoms with Gasteiger partial charge in [0.1, 0.15) is 0 Å². The molecule has 27 heavy (non-hydrogen) atoms. The molecule has 0 radical (unpaired) electrons. The van der Waals surface area contributed by atoms with Crippen LogP contribution in [0.2, 0.25) is 0 Å². The van der Waals surface area contributed by atoms with E-state index in [2.05, 4.69) is 16.0 Å². The van der Waals surface area contributed by atoms with Gasteiger partial charge in [-0.25, -0.2) is 4.79 Å². The van der Waals surface area contributed by atoms with E-state index in [0.717, 1.165) is 5.56 Å². The van der Waals surface area contributed by atoms with Gasteiger partial charge in [0.15, 0.2) is 0 Å². The highest BCUT2D eigenvalue weighted by Crippen LogP contribution is 2.18. The van der Waals surface area contributed by atoms with Gasteiger partial charge in [0, 0.05) is 44.0 Å². The minimum atomic E-state index is -0.426. The molecule has 2 aromatic carbocycles. The van der Waals surface area contributed by atoms with Gasteiger partial charge in [-0.15, -0.1) is 0 Å². The zero-order valence-electron chi connectivity index (χ0n) is 15.7. The number of nitrogens with one attached hydrogen (secondary N) is 3. The van der Waals surface area contributed by atoms with Crippen molar-refractivity contribution in [2.75, 3.05) is 31.3 Å². The molecule has 0 saturated carbocycles. The molecule has 142 valence electrons. The lowest BCUT2D eigenvalue weighted by molar-refractivity contribution is -0.128. The number of hydrogen-bond donors (Lipinski definition) is 3. The van der Waals surface area contributed by atoms with Gasteiger partial charge >= 0.3 is 6.03 Å². The van der Waals surface area contributed by atoms with Crippen molar-refractivity contribution in [1.29, 1.82) is 0 Å². The Morgan fingerprint density at radius 2 is 1.67 bits per heavy atom. The number of aryl methyl sites for hydroxylation is 1. The van der Waals surface area contributed by atoms with Crippen molar-refractivity contribution in [3.63, 3.8) is 0 Å². The summed E-state index contributed by atoms with van der Waals surface area (Å²) in [5.74, 6) is -0.327. The Bertz CT molecular complexity index is 819. The van der Waals surface area contributed by atoms with Crippen molar-refractivity contribution >= 4 is 29.2 Å². The maximum atomic E-state index is 12.4. The zero-order chi connectivity index (χ0) is 19.8. The minimum Gasteiger partial charge on any atom is -0.349 e. The standard InChI is InChI=1S/C20H24N4O3/c1-14-9-10-15(19(26)22-16-7-5-4-6-8-16)13-17(14)23-20(27)21-12-11-18(25)24(2)3/h4-10,13H,11-12H2,1-3H3,(H,22,26)(H2,21,23,27). The Kier molecular flexibility index (Phi) is 6.93. The van der Waals surface area contributed by atoms with Gasteiger partial charge in [-0.3, -0.25) is 9.59 Å². The summed E-state index contributed by atoms with van der Waals surface area (Å²) in [5, 5.41) is 8.16. The van der Waals surface area contributed by atoms with Crippen molar-refractivity contribution in [2.24, 2.45) is 0 Å². The van der Waals surface area contributed by atoms with Crippen molar-refractivity contribution in [2.45, 2.75) is 13.3 Å². The highest BCUT2D eigenvalue weighted by atomic mass is 16.2. The molecule has 0 spiro atoms. The van der Waals surface area contributed by atoms with Crippen LogP contribution in [0, 0.1) is 6.92 Å². The fourth-order valence-corrected chi connectivity index (χ4v) is 2.30. The average molecular weight is 368 g/mol. The van der Waals surface area contributed by atoms with Gasteiger partial charge < -0.3 is 20.9 Å². The number of amides is 4. The first-order valence-corrected chi connectivity index (χ1v) is 8.59. The summed E-state index contributed by atoms with van der Waals surface area (Å²) < 4.78 is 0. The van der Waals surface area contributed by atoms with Crippen LogP contribution in [-0.4, -0.2) is 43.4 Å². The number of urea groups is 1. The van der Waals surface area contributed by atoms with E-state index in [1.807, 2.05) is 25.1 Å². The maximum Gasteiger partial charge on any atom is 0.319 e. The van der Waals surface area contributed by atoms with Gasteiger partial charge in [-0.2, -0.15) is 0 Å². The van der Waals surface area contributed by atoms with Crippen LogP contribution in [0.15, 0.2) is 48.5 Å². The lowest BCUT2D eigenvalue weighted by atomic mass is 10.1. The number of carbonyl (C=O) groups excluding carboxylic acids is 3. The highest BCUT2D eigenvalue weighted by Gasteiger charge is 2.11. The molecule has 0 aliphatic carbocycles. The Balaban J connectivity index is 1.97. The van der Waals surface area contributed by atoms with Crippen LogP contribution in [0.4, 0.5) is 16.2 Å². The van der Waals surface area contributed by atoms with E-state index < -0.39 is 6.03 Å². The fourth-order valence-electron chi connectivity index (χ4n) is 2.30. The van der Waals surface area contributed by atoms with Crippen LogP contribution in [0.3, 0.4) is 0 Å². The van der Waals surface area contributed by atoms with Crippen LogP contribution < -0.4 is 16.0 Å². The second-order valence-corrected chi connectivity index (χ2v) is 6.27. The molecular formula is C20H24N4O3. The first-order valence-electron chi connectivity index (χ1n) is 8.59. The van der Waals surface area contributed by atoms with E-state index >= 15 is 0 Å². The Labute approximate surface area is 158 Å².